The number of hydrogen-bond donors (Lipinski definition) is 1. The van der Waals surface area contributed by atoms with Gasteiger partial charge in [-0.2, -0.15) is 0 Å². The SMILES string of the molecule is CN1C(=O)[C@@](O)(CC(=O)/C=C\c2ccco2)c2ccccc21. The van der Waals surface area contributed by atoms with E-state index in [9.17, 15) is 14.7 Å². The van der Waals surface area contributed by atoms with E-state index in [1.165, 1.54) is 23.3 Å². The van der Waals surface area contributed by atoms with E-state index in [1.54, 1.807) is 43.4 Å². The van der Waals surface area contributed by atoms with Crippen molar-refractivity contribution >= 4 is 23.5 Å². The third-order valence-electron chi connectivity index (χ3n) is 3.78. The van der Waals surface area contributed by atoms with E-state index in [2.05, 4.69) is 0 Å². The maximum absolute atomic E-state index is 12.3. The van der Waals surface area contributed by atoms with Gasteiger partial charge >= 0.3 is 0 Å². The molecule has 112 valence electrons. The monoisotopic (exact) mass is 297 g/mol. The number of likely N-dealkylation sites (N-methyl/N-ethyl adjacent to an activating group) is 1. The first-order valence-corrected chi connectivity index (χ1v) is 6.87. The van der Waals surface area contributed by atoms with Crippen molar-refractivity contribution < 1.29 is 19.1 Å². The van der Waals surface area contributed by atoms with E-state index in [0.717, 1.165) is 0 Å². The summed E-state index contributed by atoms with van der Waals surface area (Å²) < 4.78 is 5.10. The predicted molar refractivity (Wildman–Crippen MR) is 81.1 cm³/mol. The Morgan fingerprint density at radius 3 is 2.82 bits per heavy atom. The second-order valence-electron chi connectivity index (χ2n) is 5.23. The number of ketones is 1. The molecule has 5 nitrogen and oxygen atoms in total. The van der Waals surface area contributed by atoms with Crippen molar-refractivity contribution in [3.63, 3.8) is 0 Å². The highest BCUT2D eigenvalue weighted by molar-refractivity contribution is 6.09. The second kappa shape index (κ2) is 5.27. The number of benzene rings is 1. The number of carbonyl (C=O) groups excluding carboxylic acids is 2. The molecule has 1 amide bonds. The zero-order valence-electron chi connectivity index (χ0n) is 12.0. The van der Waals surface area contributed by atoms with Crippen molar-refractivity contribution in [1.82, 2.24) is 0 Å². The number of carbonyl (C=O) groups is 2. The summed E-state index contributed by atoms with van der Waals surface area (Å²) in [6.07, 6.45) is 4.03. The summed E-state index contributed by atoms with van der Waals surface area (Å²) in [6.45, 7) is 0. The van der Waals surface area contributed by atoms with Crippen LogP contribution in [-0.2, 0) is 15.2 Å². The van der Waals surface area contributed by atoms with Gasteiger partial charge in [0.25, 0.3) is 5.91 Å². The van der Waals surface area contributed by atoms with Gasteiger partial charge in [-0.1, -0.05) is 18.2 Å². The molecule has 22 heavy (non-hydrogen) atoms. The molecule has 1 aliphatic rings. The maximum atomic E-state index is 12.3. The van der Waals surface area contributed by atoms with E-state index in [1.807, 2.05) is 0 Å². The summed E-state index contributed by atoms with van der Waals surface area (Å²) in [5, 5.41) is 10.7. The molecule has 1 aliphatic heterocycles. The highest BCUT2D eigenvalue weighted by Gasteiger charge is 2.49. The highest BCUT2D eigenvalue weighted by atomic mass is 16.3. The minimum absolute atomic E-state index is 0.301. The Balaban J connectivity index is 1.85. The van der Waals surface area contributed by atoms with Gasteiger partial charge in [0.15, 0.2) is 11.4 Å². The Labute approximate surface area is 127 Å². The molecule has 1 aromatic heterocycles. The van der Waals surface area contributed by atoms with Crippen molar-refractivity contribution in [3.8, 4) is 0 Å². The quantitative estimate of drug-likeness (QED) is 0.877. The third-order valence-corrected chi connectivity index (χ3v) is 3.78. The van der Waals surface area contributed by atoms with Crippen molar-refractivity contribution in [3.05, 3.63) is 60.1 Å². The van der Waals surface area contributed by atoms with E-state index < -0.39 is 11.5 Å². The minimum atomic E-state index is -1.81. The largest absolute Gasteiger partial charge is 0.465 e. The van der Waals surface area contributed by atoms with Crippen LogP contribution in [0.2, 0.25) is 0 Å². The van der Waals surface area contributed by atoms with Crippen molar-refractivity contribution in [2.75, 3.05) is 11.9 Å². The molecule has 0 saturated carbocycles. The Morgan fingerprint density at radius 2 is 2.09 bits per heavy atom. The van der Waals surface area contributed by atoms with Gasteiger partial charge in [-0.25, -0.2) is 0 Å². The number of rotatable bonds is 4. The Kier molecular flexibility index (Phi) is 3.42. The van der Waals surface area contributed by atoms with Gasteiger partial charge in [-0.05, 0) is 30.4 Å². The van der Waals surface area contributed by atoms with Crippen LogP contribution in [0.4, 0.5) is 5.69 Å². The van der Waals surface area contributed by atoms with Crippen LogP contribution in [0.15, 0.2) is 53.2 Å². The number of anilines is 1. The van der Waals surface area contributed by atoms with Crippen LogP contribution in [0.25, 0.3) is 6.08 Å². The normalized spacial score (nSPS) is 20.6. The fourth-order valence-corrected chi connectivity index (χ4v) is 2.66. The lowest BCUT2D eigenvalue weighted by Crippen LogP contribution is -2.40. The van der Waals surface area contributed by atoms with Gasteiger partial charge < -0.3 is 14.4 Å². The van der Waals surface area contributed by atoms with E-state index >= 15 is 0 Å². The molecule has 0 radical (unpaired) electrons. The first-order valence-electron chi connectivity index (χ1n) is 6.87. The standard InChI is InChI=1S/C17H15NO4/c1-18-15-7-3-2-6-14(15)17(21,16(18)20)11-12(19)8-9-13-5-4-10-22-13/h2-10,21H,11H2,1H3/b9-8-/t17-/m1/s1. The van der Waals surface area contributed by atoms with E-state index in [-0.39, 0.29) is 12.2 Å². The predicted octanol–water partition coefficient (Wildman–Crippen LogP) is 2.12. The summed E-state index contributed by atoms with van der Waals surface area (Å²) in [7, 11) is 1.59. The van der Waals surface area contributed by atoms with Gasteiger partial charge in [0.05, 0.1) is 18.4 Å². The first-order chi connectivity index (χ1) is 10.5. The fraction of sp³-hybridized carbons (Fsp3) is 0.176. The number of para-hydroxylation sites is 1. The number of nitrogens with zero attached hydrogens (tertiary/aromatic N) is 1. The van der Waals surface area contributed by atoms with Crippen molar-refractivity contribution in [1.29, 1.82) is 0 Å². The Bertz CT molecular complexity index is 748. The number of fused-ring (bicyclic) bond motifs is 1. The number of aliphatic hydroxyl groups is 1. The molecule has 2 aromatic rings. The molecule has 0 aliphatic carbocycles. The van der Waals surface area contributed by atoms with Crippen molar-refractivity contribution in [2.24, 2.45) is 0 Å². The first kappa shape index (κ1) is 14.3. The van der Waals surface area contributed by atoms with Gasteiger partial charge in [0.2, 0.25) is 0 Å². The van der Waals surface area contributed by atoms with Crippen LogP contribution < -0.4 is 4.90 Å². The summed E-state index contributed by atoms with van der Waals surface area (Å²) in [6, 6.07) is 10.4. The molecule has 0 fully saturated rings. The molecule has 0 saturated heterocycles. The molecule has 0 bridgehead atoms. The van der Waals surface area contributed by atoms with Gasteiger partial charge in [0, 0.05) is 12.6 Å². The highest BCUT2D eigenvalue weighted by Crippen LogP contribution is 2.41. The van der Waals surface area contributed by atoms with Crippen LogP contribution >= 0.6 is 0 Å². The average molecular weight is 297 g/mol. The number of allylic oxidation sites excluding steroid dienone is 1. The lowest BCUT2D eigenvalue weighted by atomic mass is 9.90. The van der Waals surface area contributed by atoms with Gasteiger partial charge in [-0.3, -0.25) is 9.59 Å². The summed E-state index contributed by atoms with van der Waals surface area (Å²) >= 11 is 0. The Hall–Kier alpha value is -2.66. The number of furan rings is 1. The molecule has 2 heterocycles. The molecule has 1 N–H and O–H groups in total. The molecular weight excluding hydrogens is 282 g/mol. The van der Waals surface area contributed by atoms with Gasteiger partial charge in [0.1, 0.15) is 5.76 Å². The zero-order valence-corrected chi connectivity index (χ0v) is 12.0. The number of amides is 1. The second-order valence-corrected chi connectivity index (χ2v) is 5.23. The van der Waals surface area contributed by atoms with Crippen LogP contribution in [0.5, 0.6) is 0 Å². The molecule has 1 atom stereocenters. The lowest BCUT2D eigenvalue weighted by molar-refractivity contribution is -0.140. The van der Waals surface area contributed by atoms with Crippen molar-refractivity contribution in [2.45, 2.75) is 12.0 Å². The third kappa shape index (κ3) is 2.25. The average Bonchev–Trinajstić information content (AvgIpc) is 3.10. The summed E-state index contributed by atoms with van der Waals surface area (Å²) in [4.78, 5) is 25.8. The van der Waals surface area contributed by atoms with Crippen LogP contribution in [-0.4, -0.2) is 23.8 Å². The number of hydrogen-bond acceptors (Lipinski definition) is 4. The lowest BCUT2D eigenvalue weighted by Gasteiger charge is -2.20. The van der Waals surface area contributed by atoms with Crippen LogP contribution in [0, 0.1) is 0 Å². The van der Waals surface area contributed by atoms with Crippen LogP contribution in [0.3, 0.4) is 0 Å². The van der Waals surface area contributed by atoms with Gasteiger partial charge in [-0.15, -0.1) is 0 Å². The minimum Gasteiger partial charge on any atom is -0.465 e. The zero-order chi connectivity index (χ0) is 15.7. The molecular formula is C17H15NO4. The molecule has 0 unspecified atom stereocenters. The van der Waals surface area contributed by atoms with Crippen LogP contribution in [0.1, 0.15) is 17.7 Å². The van der Waals surface area contributed by atoms with E-state index in [4.69, 9.17) is 4.42 Å². The Morgan fingerprint density at radius 1 is 1.32 bits per heavy atom. The fourth-order valence-electron chi connectivity index (χ4n) is 2.66. The van der Waals surface area contributed by atoms with E-state index in [0.29, 0.717) is 17.0 Å². The summed E-state index contributed by atoms with van der Waals surface area (Å²) in [5.41, 5.74) is -0.726. The molecule has 3 rings (SSSR count). The molecule has 0 spiro atoms. The maximum Gasteiger partial charge on any atom is 0.263 e. The molecule has 5 heteroatoms. The molecule has 1 aromatic carbocycles. The smallest absolute Gasteiger partial charge is 0.263 e. The summed E-state index contributed by atoms with van der Waals surface area (Å²) in [5.74, 6) is -0.304. The topological polar surface area (TPSA) is 70.8 Å².